The number of nitrogens with zero attached hydrogens (tertiary/aromatic N) is 6. The van der Waals surface area contributed by atoms with Gasteiger partial charge in [-0.15, -0.1) is 33.9 Å². The molecule has 1 N–H and O–H groups in total. The van der Waals surface area contributed by atoms with E-state index in [2.05, 4.69) is 73.5 Å². The third-order valence-electron chi connectivity index (χ3n) is 6.36. The summed E-state index contributed by atoms with van der Waals surface area (Å²) in [4.78, 5) is 9.32. The Bertz CT molecular complexity index is 1160. The lowest BCUT2D eigenvalue weighted by Crippen LogP contribution is -2.31. The summed E-state index contributed by atoms with van der Waals surface area (Å²) in [6.07, 6.45) is 3.71. The summed E-state index contributed by atoms with van der Waals surface area (Å²) in [5, 5.41) is 16.1. The summed E-state index contributed by atoms with van der Waals surface area (Å²) >= 11 is 1.63. The largest absolute Gasteiger partial charge is 0.355 e. The van der Waals surface area contributed by atoms with Gasteiger partial charge in [-0.3, -0.25) is 5.10 Å². The van der Waals surface area contributed by atoms with Gasteiger partial charge in [0, 0.05) is 49.1 Å². The van der Waals surface area contributed by atoms with Gasteiger partial charge < -0.3 is 9.80 Å². The van der Waals surface area contributed by atoms with E-state index >= 15 is 0 Å². The van der Waals surface area contributed by atoms with E-state index < -0.39 is 0 Å². The molecular weight excluding hydrogens is 418 g/mol. The number of H-pyrrole nitrogens is 1. The van der Waals surface area contributed by atoms with E-state index in [4.69, 9.17) is 0 Å². The second-order valence-corrected chi connectivity index (χ2v) is 8.96. The molecule has 30 heavy (non-hydrogen) atoms. The second-order valence-electron chi connectivity index (χ2n) is 8.10. The number of thiazole rings is 1. The van der Waals surface area contributed by atoms with E-state index in [1.54, 1.807) is 11.3 Å². The first-order chi connectivity index (χ1) is 14.2. The lowest BCUT2D eigenvalue weighted by Gasteiger charge is -2.22. The van der Waals surface area contributed by atoms with Gasteiger partial charge in [0.05, 0.1) is 27.6 Å². The second kappa shape index (κ2) is 7.30. The molecule has 0 amide bonds. The normalized spacial score (nSPS) is 22.7. The van der Waals surface area contributed by atoms with Crippen molar-refractivity contribution in [2.75, 3.05) is 32.1 Å². The highest BCUT2D eigenvalue weighted by Crippen LogP contribution is 2.48. The number of aromatic amines is 1. The van der Waals surface area contributed by atoms with Gasteiger partial charge in [-0.05, 0) is 31.0 Å². The van der Waals surface area contributed by atoms with Crippen LogP contribution in [-0.4, -0.2) is 63.5 Å². The Kier molecular flexibility index (Phi) is 4.72. The molecule has 2 aliphatic rings. The highest BCUT2D eigenvalue weighted by molar-refractivity contribution is 7.17. The monoisotopic (exact) mass is 439 g/mol. The molecule has 2 unspecified atom stereocenters. The van der Waals surface area contributed by atoms with E-state index in [9.17, 15) is 0 Å². The van der Waals surface area contributed by atoms with Crippen molar-refractivity contribution >= 4 is 39.8 Å². The molecule has 4 heterocycles. The Morgan fingerprint density at radius 1 is 1.10 bits per heavy atom. The number of likely N-dealkylation sites (tertiary alicyclic amines) is 1. The van der Waals surface area contributed by atoms with Crippen LogP contribution >= 0.6 is 23.7 Å². The Balaban J connectivity index is 0.00000193. The number of aromatic nitrogens is 5. The summed E-state index contributed by atoms with van der Waals surface area (Å²) in [6, 6.07) is 8.98. The molecule has 0 spiro atoms. The van der Waals surface area contributed by atoms with Crippen molar-refractivity contribution in [3.8, 4) is 22.4 Å². The lowest BCUT2D eigenvalue weighted by atomic mass is 10.0. The molecule has 0 radical (unpaired) electrons. The van der Waals surface area contributed by atoms with E-state index in [1.165, 1.54) is 13.1 Å². The van der Waals surface area contributed by atoms with Crippen molar-refractivity contribution < 1.29 is 0 Å². The highest BCUT2D eigenvalue weighted by atomic mass is 35.5. The Morgan fingerprint density at radius 3 is 2.60 bits per heavy atom. The van der Waals surface area contributed by atoms with Gasteiger partial charge in [-0.1, -0.05) is 12.1 Å². The summed E-state index contributed by atoms with van der Waals surface area (Å²) in [5.41, 5.74) is 6.93. The number of rotatable bonds is 4. The average molecular weight is 440 g/mol. The van der Waals surface area contributed by atoms with Crippen LogP contribution in [0.1, 0.15) is 0 Å². The maximum Gasteiger partial charge on any atom is 0.151 e. The third-order valence-corrected chi connectivity index (χ3v) is 7.22. The maximum atomic E-state index is 4.59. The zero-order valence-corrected chi connectivity index (χ0v) is 18.3. The van der Waals surface area contributed by atoms with Crippen LogP contribution in [0.15, 0.2) is 42.2 Å². The number of benzene rings is 1. The van der Waals surface area contributed by atoms with Gasteiger partial charge in [-0.2, -0.15) is 5.10 Å². The van der Waals surface area contributed by atoms with Gasteiger partial charge in [0.25, 0.3) is 0 Å². The van der Waals surface area contributed by atoms with E-state index in [1.807, 2.05) is 17.9 Å². The number of hydrogen-bond acceptors (Lipinski definition) is 7. The number of hydrogen-bond donors (Lipinski definition) is 1. The number of fused-ring (bicyclic) bond motifs is 2. The van der Waals surface area contributed by atoms with Crippen LogP contribution in [0.3, 0.4) is 0 Å². The predicted molar refractivity (Wildman–Crippen MR) is 122 cm³/mol. The summed E-state index contributed by atoms with van der Waals surface area (Å²) in [7, 11) is 4.35. The summed E-state index contributed by atoms with van der Waals surface area (Å²) < 4.78 is 1.12. The van der Waals surface area contributed by atoms with E-state index in [0.717, 1.165) is 50.3 Å². The van der Waals surface area contributed by atoms with Gasteiger partial charge >= 0.3 is 0 Å². The Labute approximate surface area is 184 Å². The smallest absolute Gasteiger partial charge is 0.151 e. The van der Waals surface area contributed by atoms with Gasteiger partial charge in [0.2, 0.25) is 0 Å². The fourth-order valence-corrected chi connectivity index (χ4v) is 5.71. The maximum absolute atomic E-state index is 4.59. The van der Waals surface area contributed by atoms with Crippen LogP contribution in [0.5, 0.6) is 0 Å². The molecule has 4 aromatic rings. The molecule has 3 aromatic heterocycles. The van der Waals surface area contributed by atoms with Crippen LogP contribution in [0.4, 0.5) is 5.82 Å². The van der Waals surface area contributed by atoms with E-state index in [0.29, 0.717) is 6.04 Å². The molecule has 154 valence electrons. The van der Waals surface area contributed by atoms with Crippen molar-refractivity contribution in [1.82, 2.24) is 30.3 Å². The van der Waals surface area contributed by atoms with Crippen molar-refractivity contribution in [2.24, 2.45) is 11.8 Å². The molecule has 2 atom stereocenters. The van der Waals surface area contributed by atoms with Crippen LogP contribution in [0.2, 0.25) is 0 Å². The third kappa shape index (κ3) is 2.98. The van der Waals surface area contributed by atoms with Crippen LogP contribution in [0.25, 0.3) is 32.6 Å². The molecule has 1 saturated heterocycles. The first kappa shape index (κ1) is 19.4. The van der Waals surface area contributed by atoms with Crippen LogP contribution < -0.4 is 4.90 Å². The average Bonchev–Trinajstić information content (AvgIpc) is 3.26. The van der Waals surface area contributed by atoms with Crippen molar-refractivity contribution in [2.45, 2.75) is 6.04 Å². The zero-order chi connectivity index (χ0) is 19.5. The molecule has 1 aliphatic heterocycles. The molecule has 9 heteroatoms. The molecule has 6 rings (SSSR count). The summed E-state index contributed by atoms with van der Waals surface area (Å²) in [5.74, 6) is 2.50. The lowest BCUT2D eigenvalue weighted by molar-refractivity contribution is 0.360. The zero-order valence-electron chi connectivity index (χ0n) is 16.7. The van der Waals surface area contributed by atoms with Crippen molar-refractivity contribution in [3.63, 3.8) is 0 Å². The van der Waals surface area contributed by atoms with Crippen LogP contribution in [-0.2, 0) is 0 Å². The molecule has 1 aliphatic carbocycles. The summed E-state index contributed by atoms with van der Waals surface area (Å²) in [6.45, 7) is 2.38. The van der Waals surface area contributed by atoms with Gasteiger partial charge in [0.15, 0.2) is 5.82 Å². The minimum absolute atomic E-state index is 0. The SMILES string of the molecule is CN1CC2C(C1)C2N(C)c1ccc(-c2ccc(-c3cn[nH]c3)c3ncsc23)nn1.Cl. The quantitative estimate of drug-likeness (QED) is 0.524. The van der Waals surface area contributed by atoms with Crippen molar-refractivity contribution in [3.05, 3.63) is 42.2 Å². The minimum Gasteiger partial charge on any atom is -0.355 e. The molecule has 1 saturated carbocycles. The molecule has 7 nitrogen and oxygen atoms in total. The molecule has 2 fully saturated rings. The van der Waals surface area contributed by atoms with Gasteiger partial charge in [0.1, 0.15) is 0 Å². The molecule has 0 bridgehead atoms. The predicted octanol–water partition coefficient (Wildman–Crippen LogP) is 3.56. The fraction of sp³-hybridized carbons (Fsp3) is 0.333. The Hall–Kier alpha value is -2.55. The fourth-order valence-electron chi connectivity index (χ4n) is 4.87. The molecular formula is C21H22ClN7S. The molecule has 1 aromatic carbocycles. The Morgan fingerprint density at radius 2 is 1.90 bits per heavy atom. The highest BCUT2D eigenvalue weighted by Gasteiger charge is 2.57. The topological polar surface area (TPSA) is 73.8 Å². The van der Waals surface area contributed by atoms with Crippen molar-refractivity contribution in [1.29, 1.82) is 0 Å². The minimum atomic E-state index is 0. The van der Waals surface area contributed by atoms with E-state index in [-0.39, 0.29) is 12.4 Å². The number of halogens is 1. The standard InChI is InChI=1S/C21H21N7S.ClH/c1-27-9-15-16(10-27)20(15)28(2)18-6-5-17(25-26-18)14-4-3-13(12-7-23-24-8-12)19-21(14)29-11-22-19;/h3-8,11,15-16,20H,9-10H2,1-2H3,(H,23,24);1H. The number of piperidine rings is 1. The number of nitrogens with one attached hydrogen (secondary N) is 1. The van der Waals surface area contributed by atoms with Crippen LogP contribution in [0, 0.1) is 11.8 Å². The van der Waals surface area contributed by atoms with Gasteiger partial charge in [-0.25, -0.2) is 4.98 Å². The first-order valence-electron chi connectivity index (χ1n) is 9.81. The number of anilines is 1. The first-order valence-corrected chi connectivity index (χ1v) is 10.7.